The highest BCUT2D eigenvalue weighted by Gasteiger charge is 2.28. The van der Waals surface area contributed by atoms with Gasteiger partial charge in [0.2, 0.25) is 15.9 Å². The molecule has 0 unspecified atom stereocenters. The Morgan fingerprint density at radius 3 is 2.39 bits per heavy atom. The standard InChI is InChI=1S/C21H27N3O3S/c1-4-23(5-2)28(26,27)19-11-12-20-17(15-19)13-14-24(20)21(25)16-22(3)18-9-7-6-8-10-18/h6-12,15H,4-5,13-14,16H2,1-3H3. The second-order valence-electron chi connectivity index (χ2n) is 6.87. The highest BCUT2D eigenvalue weighted by Crippen LogP contribution is 2.31. The van der Waals surface area contributed by atoms with Crippen LogP contribution in [0.1, 0.15) is 19.4 Å². The first-order valence-electron chi connectivity index (χ1n) is 9.58. The summed E-state index contributed by atoms with van der Waals surface area (Å²) in [6.45, 7) is 5.38. The van der Waals surface area contributed by atoms with Crippen LogP contribution in [0.25, 0.3) is 0 Å². The summed E-state index contributed by atoms with van der Waals surface area (Å²) in [5.41, 5.74) is 2.70. The van der Waals surface area contributed by atoms with Gasteiger partial charge in [0, 0.05) is 38.1 Å². The van der Waals surface area contributed by atoms with Crippen molar-refractivity contribution in [2.24, 2.45) is 0 Å². The summed E-state index contributed by atoms with van der Waals surface area (Å²) in [4.78, 5) is 16.8. The van der Waals surface area contributed by atoms with Gasteiger partial charge in [0.25, 0.3) is 0 Å². The van der Waals surface area contributed by atoms with Gasteiger partial charge in [-0.05, 0) is 42.3 Å². The average molecular weight is 402 g/mol. The second-order valence-corrected chi connectivity index (χ2v) is 8.80. The highest BCUT2D eigenvalue weighted by atomic mass is 32.2. The number of amides is 1. The van der Waals surface area contributed by atoms with Crippen molar-refractivity contribution in [1.82, 2.24) is 4.31 Å². The average Bonchev–Trinajstić information content (AvgIpc) is 3.12. The van der Waals surface area contributed by atoms with Gasteiger partial charge in [-0.2, -0.15) is 4.31 Å². The van der Waals surface area contributed by atoms with Crippen LogP contribution in [0, 0.1) is 0 Å². The van der Waals surface area contributed by atoms with Crippen LogP contribution in [-0.2, 0) is 21.2 Å². The van der Waals surface area contributed by atoms with Crippen LogP contribution in [0.5, 0.6) is 0 Å². The Balaban J connectivity index is 1.78. The molecule has 3 rings (SSSR count). The van der Waals surface area contributed by atoms with Crippen molar-refractivity contribution >= 4 is 27.3 Å². The maximum Gasteiger partial charge on any atom is 0.246 e. The number of hydrogen-bond donors (Lipinski definition) is 0. The van der Waals surface area contributed by atoms with E-state index < -0.39 is 10.0 Å². The molecule has 1 amide bonds. The monoisotopic (exact) mass is 401 g/mol. The maximum atomic E-state index is 12.8. The van der Waals surface area contributed by atoms with Gasteiger partial charge < -0.3 is 9.80 Å². The van der Waals surface area contributed by atoms with Gasteiger partial charge in [-0.1, -0.05) is 32.0 Å². The van der Waals surface area contributed by atoms with Crippen molar-refractivity contribution in [3.63, 3.8) is 0 Å². The van der Waals surface area contributed by atoms with Gasteiger partial charge in [-0.25, -0.2) is 8.42 Å². The molecule has 28 heavy (non-hydrogen) atoms. The molecular weight excluding hydrogens is 374 g/mol. The lowest BCUT2D eigenvalue weighted by Crippen LogP contribution is -2.38. The van der Waals surface area contributed by atoms with Crippen molar-refractivity contribution in [3.05, 3.63) is 54.1 Å². The first-order chi connectivity index (χ1) is 13.4. The zero-order valence-corrected chi connectivity index (χ0v) is 17.4. The minimum atomic E-state index is -3.49. The number of benzene rings is 2. The summed E-state index contributed by atoms with van der Waals surface area (Å²) in [6, 6.07) is 14.9. The van der Waals surface area contributed by atoms with E-state index in [9.17, 15) is 13.2 Å². The van der Waals surface area contributed by atoms with Crippen LogP contribution >= 0.6 is 0 Å². The number of para-hydroxylation sites is 1. The lowest BCUT2D eigenvalue weighted by molar-refractivity contribution is -0.117. The number of rotatable bonds is 7. The highest BCUT2D eigenvalue weighted by molar-refractivity contribution is 7.89. The Morgan fingerprint density at radius 2 is 1.75 bits per heavy atom. The molecule has 2 aromatic carbocycles. The summed E-state index contributed by atoms with van der Waals surface area (Å²) >= 11 is 0. The zero-order chi connectivity index (χ0) is 20.3. The molecule has 0 saturated heterocycles. The largest absolute Gasteiger partial charge is 0.365 e. The van der Waals surface area contributed by atoms with Gasteiger partial charge in [-0.15, -0.1) is 0 Å². The lowest BCUT2D eigenvalue weighted by Gasteiger charge is -2.24. The van der Waals surface area contributed by atoms with Crippen LogP contribution in [0.2, 0.25) is 0 Å². The molecule has 150 valence electrons. The van der Waals surface area contributed by atoms with Crippen LogP contribution in [0.15, 0.2) is 53.4 Å². The minimum absolute atomic E-state index is 0.00412. The summed E-state index contributed by atoms with van der Waals surface area (Å²) in [5, 5.41) is 0. The van der Waals surface area contributed by atoms with Gasteiger partial charge in [-0.3, -0.25) is 4.79 Å². The second kappa shape index (κ2) is 8.32. The van der Waals surface area contributed by atoms with Crippen LogP contribution in [0.3, 0.4) is 0 Å². The Hall–Kier alpha value is -2.38. The minimum Gasteiger partial charge on any atom is -0.365 e. The van der Waals surface area contributed by atoms with E-state index in [1.54, 1.807) is 23.1 Å². The van der Waals surface area contributed by atoms with Crippen molar-refractivity contribution in [2.45, 2.75) is 25.2 Å². The van der Waals surface area contributed by atoms with Gasteiger partial charge in [0.15, 0.2) is 0 Å². The van der Waals surface area contributed by atoms with Gasteiger partial charge in [0.05, 0.1) is 11.4 Å². The van der Waals surface area contributed by atoms with Crippen LogP contribution in [-0.4, -0.2) is 51.9 Å². The SMILES string of the molecule is CCN(CC)S(=O)(=O)c1ccc2c(c1)CCN2C(=O)CN(C)c1ccccc1. The molecule has 0 atom stereocenters. The first-order valence-corrected chi connectivity index (χ1v) is 11.0. The van der Waals surface area contributed by atoms with Crippen molar-refractivity contribution < 1.29 is 13.2 Å². The predicted molar refractivity (Wildman–Crippen MR) is 112 cm³/mol. The summed E-state index contributed by atoms with van der Waals surface area (Å²) in [5.74, 6) is 0.00412. The quantitative estimate of drug-likeness (QED) is 0.716. The van der Waals surface area contributed by atoms with Crippen molar-refractivity contribution in [3.8, 4) is 0 Å². The fourth-order valence-electron chi connectivity index (χ4n) is 3.57. The third-order valence-electron chi connectivity index (χ3n) is 5.16. The summed E-state index contributed by atoms with van der Waals surface area (Å²) in [6.07, 6.45) is 0.664. The Kier molecular flexibility index (Phi) is 6.05. The first kappa shape index (κ1) is 20.4. The smallest absolute Gasteiger partial charge is 0.246 e. The molecule has 0 bridgehead atoms. The molecular formula is C21H27N3O3S. The summed E-state index contributed by atoms with van der Waals surface area (Å²) in [7, 11) is -1.60. The molecule has 0 radical (unpaired) electrons. The van der Waals surface area contributed by atoms with E-state index in [4.69, 9.17) is 0 Å². The van der Waals surface area contributed by atoms with E-state index in [0.29, 0.717) is 31.0 Å². The van der Waals surface area contributed by atoms with E-state index in [2.05, 4.69) is 0 Å². The van der Waals surface area contributed by atoms with E-state index in [0.717, 1.165) is 16.9 Å². The molecule has 1 aliphatic heterocycles. The number of sulfonamides is 1. The van der Waals surface area contributed by atoms with E-state index in [1.165, 1.54) is 4.31 Å². The van der Waals surface area contributed by atoms with Gasteiger partial charge >= 0.3 is 0 Å². The number of carbonyl (C=O) groups excluding carboxylic acids is 1. The molecule has 6 nitrogen and oxygen atoms in total. The molecule has 0 aliphatic carbocycles. The number of hydrogen-bond acceptors (Lipinski definition) is 4. The number of carbonyl (C=O) groups is 1. The zero-order valence-electron chi connectivity index (χ0n) is 16.6. The third kappa shape index (κ3) is 3.91. The van der Waals surface area contributed by atoms with Crippen LogP contribution < -0.4 is 9.80 Å². The molecule has 0 spiro atoms. The molecule has 0 saturated carbocycles. The molecule has 0 aromatic heterocycles. The molecule has 1 aliphatic rings. The molecule has 7 heteroatoms. The predicted octanol–water partition coefficient (Wildman–Crippen LogP) is 2.74. The Morgan fingerprint density at radius 1 is 1.07 bits per heavy atom. The molecule has 2 aromatic rings. The van der Waals surface area contributed by atoms with Crippen molar-refractivity contribution in [1.29, 1.82) is 0 Å². The van der Waals surface area contributed by atoms with E-state index in [-0.39, 0.29) is 12.5 Å². The Labute approximate surface area is 167 Å². The molecule has 0 fully saturated rings. The molecule has 0 N–H and O–H groups in total. The fourth-order valence-corrected chi connectivity index (χ4v) is 5.08. The summed E-state index contributed by atoms with van der Waals surface area (Å²) < 4.78 is 26.9. The number of nitrogens with zero attached hydrogens (tertiary/aromatic N) is 3. The van der Waals surface area contributed by atoms with E-state index >= 15 is 0 Å². The number of fused-ring (bicyclic) bond motifs is 1. The maximum absolute atomic E-state index is 12.8. The van der Waals surface area contributed by atoms with Crippen molar-refractivity contribution in [2.75, 3.05) is 43.0 Å². The topological polar surface area (TPSA) is 60.9 Å². The molecule has 1 heterocycles. The third-order valence-corrected chi connectivity index (χ3v) is 7.21. The van der Waals surface area contributed by atoms with E-state index in [1.807, 2.05) is 56.1 Å². The normalized spacial score (nSPS) is 13.6. The van der Waals surface area contributed by atoms with Gasteiger partial charge in [0.1, 0.15) is 0 Å². The lowest BCUT2D eigenvalue weighted by atomic mass is 10.2. The number of likely N-dealkylation sites (N-methyl/N-ethyl adjacent to an activating group) is 1. The fraction of sp³-hybridized carbons (Fsp3) is 0.381. The van der Waals surface area contributed by atoms with Crippen LogP contribution in [0.4, 0.5) is 11.4 Å². The Bertz CT molecular complexity index is 941. The number of anilines is 2.